The van der Waals surface area contributed by atoms with Crippen molar-refractivity contribution in [2.24, 2.45) is 11.8 Å². The van der Waals surface area contributed by atoms with Crippen LogP contribution in [0.2, 0.25) is 0 Å². The standard InChI is InChI=1S/C46H48N2O5/c1-33(2)30-48(31-41(27-34-13-6-3-7-14-34)44(49)53-42-26-25-38-19-12-20-40(38)29-42)46(51)47-43(45(50)52-32-36-15-8-4-9-16-36)28-35-21-23-39(24-22-35)37-17-10-5-11-18-37/h3-11,13-18,21-26,29,33,41,43H,12,19-20,27-28,30-32H2,1-2H3,(H,47,51)/t41?,43-/m0/s1. The number of hydrogen-bond donors (Lipinski definition) is 1. The van der Waals surface area contributed by atoms with E-state index in [0.29, 0.717) is 18.7 Å². The summed E-state index contributed by atoms with van der Waals surface area (Å²) in [5, 5.41) is 3.00. The SMILES string of the molecule is CC(C)CN(CC(Cc1ccccc1)C(=O)Oc1ccc2c(c1)CCC2)C(=O)N[C@@H](Cc1ccc(-c2ccccc2)cc1)C(=O)OCc1ccccc1. The van der Waals surface area contributed by atoms with E-state index in [1.54, 1.807) is 4.90 Å². The minimum absolute atomic E-state index is 0.0857. The van der Waals surface area contributed by atoms with Gasteiger partial charge >= 0.3 is 18.0 Å². The highest BCUT2D eigenvalue weighted by Crippen LogP contribution is 2.27. The van der Waals surface area contributed by atoms with Crippen molar-refractivity contribution in [2.75, 3.05) is 13.1 Å². The minimum atomic E-state index is -0.964. The van der Waals surface area contributed by atoms with E-state index < -0.39 is 29.9 Å². The molecule has 0 spiro atoms. The number of fused-ring (bicyclic) bond motifs is 1. The second-order valence-corrected chi connectivity index (χ2v) is 14.3. The fraction of sp³-hybridized carbons (Fsp3) is 0.283. The molecule has 2 amide bonds. The summed E-state index contributed by atoms with van der Waals surface area (Å²) in [6.45, 7) is 4.62. The number of hydrogen-bond acceptors (Lipinski definition) is 5. The Balaban J connectivity index is 1.22. The van der Waals surface area contributed by atoms with Crippen LogP contribution >= 0.6 is 0 Å². The first-order valence-electron chi connectivity index (χ1n) is 18.6. The molecule has 0 aliphatic heterocycles. The highest BCUT2D eigenvalue weighted by molar-refractivity contribution is 5.84. The Morgan fingerprint density at radius 1 is 0.642 bits per heavy atom. The number of carbonyl (C=O) groups excluding carboxylic acids is 3. The van der Waals surface area contributed by atoms with Crippen molar-refractivity contribution in [3.05, 3.63) is 161 Å². The molecule has 0 radical (unpaired) electrons. The summed E-state index contributed by atoms with van der Waals surface area (Å²) < 4.78 is 11.8. The van der Waals surface area contributed by atoms with E-state index in [1.165, 1.54) is 11.1 Å². The molecule has 1 N–H and O–H groups in total. The lowest BCUT2D eigenvalue weighted by atomic mass is 9.98. The molecule has 5 aromatic rings. The molecule has 0 saturated heterocycles. The molecule has 6 rings (SSSR count). The first-order chi connectivity index (χ1) is 25.8. The van der Waals surface area contributed by atoms with E-state index in [9.17, 15) is 14.4 Å². The molecule has 1 aliphatic rings. The van der Waals surface area contributed by atoms with Gasteiger partial charge in [-0.25, -0.2) is 9.59 Å². The van der Waals surface area contributed by atoms with Crippen LogP contribution in [0.3, 0.4) is 0 Å². The van der Waals surface area contributed by atoms with Crippen LogP contribution < -0.4 is 10.1 Å². The third kappa shape index (κ3) is 10.7. The maximum Gasteiger partial charge on any atom is 0.329 e. The van der Waals surface area contributed by atoms with Gasteiger partial charge < -0.3 is 19.7 Å². The summed E-state index contributed by atoms with van der Waals surface area (Å²) in [6.07, 6.45) is 3.74. The third-order valence-electron chi connectivity index (χ3n) is 9.57. The van der Waals surface area contributed by atoms with Crippen LogP contribution in [0.4, 0.5) is 4.79 Å². The van der Waals surface area contributed by atoms with E-state index in [1.807, 2.05) is 135 Å². The van der Waals surface area contributed by atoms with Gasteiger partial charge in [0, 0.05) is 19.5 Å². The molecule has 5 aromatic carbocycles. The number of nitrogens with one attached hydrogen (secondary N) is 1. The van der Waals surface area contributed by atoms with E-state index in [-0.39, 0.29) is 25.5 Å². The number of ether oxygens (including phenoxy) is 2. The van der Waals surface area contributed by atoms with Gasteiger partial charge in [-0.1, -0.05) is 135 Å². The van der Waals surface area contributed by atoms with Gasteiger partial charge in [0.2, 0.25) is 0 Å². The number of esters is 2. The van der Waals surface area contributed by atoms with Crippen LogP contribution in [0.5, 0.6) is 5.75 Å². The Labute approximate surface area is 313 Å². The zero-order valence-corrected chi connectivity index (χ0v) is 30.6. The molecule has 7 heteroatoms. The smallest absolute Gasteiger partial charge is 0.329 e. The predicted molar refractivity (Wildman–Crippen MR) is 208 cm³/mol. The number of aryl methyl sites for hydroxylation is 2. The number of rotatable bonds is 15. The fourth-order valence-electron chi connectivity index (χ4n) is 6.84. The van der Waals surface area contributed by atoms with E-state index in [4.69, 9.17) is 9.47 Å². The van der Waals surface area contributed by atoms with E-state index >= 15 is 0 Å². The number of urea groups is 1. The predicted octanol–water partition coefficient (Wildman–Crippen LogP) is 8.63. The number of amides is 2. The topological polar surface area (TPSA) is 84.9 Å². The highest BCUT2D eigenvalue weighted by atomic mass is 16.5. The molecular weight excluding hydrogens is 661 g/mol. The number of nitrogens with zero attached hydrogens (tertiary/aromatic N) is 1. The lowest BCUT2D eigenvalue weighted by Crippen LogP contribution is -2.52. The molecule has 7 nitrogen and oxygen atoms in total. The minimum Gasteiger partial charge on any atom is -0.459 e. The molecule has 272 valence electrons. The zero-order chi connectivity index (χ0) is 37.0. The Kier molecular flexibility index (Phi) is 12.7. The van der Waals surface area contributed by atoms with Crippen LogP contribution in [-0.4, -0.2) is 42.0 Å². The van der Waals surface area contributed by atoms with Gasteiger partial charge in [0.1, 0.15) is 18.4 Å². The maximum atomic E-state index is 14.2. The normalized spacial score (nSPS) is 13.1. The summed E-state index contributed by atoms with van der Waals surface area (Å²) in [5.74, 6) is -0.960. The summed E-state index contributed by atoms with van der Waals surface area (Å²) >= 11 is 0. The first-order valence-corrected chi connectivity index (χ1v) is 18.6. The number of carbonyl (C=O) groups is 3. The Morgan fingerprint density at radius 2 is 1.25 bits per heavy atom. The quantitative estimate of drug-likeness (QED) is 0.0870. The molecular formula is C46H48N2O5. The molecule has 1 unspecified atom stereocenters. The van der Waals surface area contributed by atoms with Crippen molar-refractivity contribution in [2.45, 2.75) is 58.6 Å². The van der Waals surface area contributed by atoms with Crippen LogP contribution in [0, 0.1) is 11.8 Å². The van der Waals surface area contributed by atoms with Gasteiger partial charge in [0.05, 0.1) is 5.92 Å². The van der Waals surface area contributed by atoms with Crippen LogP contribution in [0.15, 0.2) is 133 Å². The van der Waals surface area contributed by atoms with Crippen LogP contribution in [-0.2, 0) is 46.6 Å². The van der Waals surface area contributed by atoms with Gasteiger partial charge in [0.25, 0.3) is 0 Å². The molecule has 0 heterocycles. The summed E-state index contributed by atoms with van der Waals surface area (Å²) in [5.41, 5.74) is 7.36. The van der Waals surface area contributed by atoms with Gasteiger partial charge in [-0.3, -0.25) is 4.79 Å². The third-order valence-corrected chi connectivity index (χ3v) is 9.57. The summed E-state index contributed by atoms with van der Waals surface area (Å²) in [4.78, 5) is 43.5. The van der Waals surface area contributed by atoms with Crippen molar-refractivity contribution < 1.29 is 23.9 Å². The largest absolute Gasteiger partial charge is 0.459 e. The van der Waals surface area contributed by atoms with Crippen molar-refractivity contribution in [1.29, 1.82) is 0 Å². The van der Waals surface area contributed by atoms with Crippen molar-refractivity contribution in [3.63, 3.8) is 0 Å². The van der Waals surface area contributed by atoms with Gasteiger partial charge in [-0.05, 0) is 82.7 Å². The Morgan fingerprint density at radius 3 is 1.92 bits per heavy atom. The highest BCUT2D eigenvalue weighted by Gasteiger charge is 2.31. The Hall–Kier alpha value is -5.69. The number of benzene rings is 5. The van der Waals surface area contributed by atoms with Crippen LogP contribution in [0.25, 0.3) is 11.1 Å². The maximum absolute atomic E-state index is 14.2. The average Bonchev–Trinajstić information content (AvgIpc) is 3.65. The van der Waals surface area contributed by atoms with Gasteiger partial charge in [-0.2, -0.15) is 0 Å². The van der Waals surface area contributed by atoms with Crippen molar-refractivity contribution in [1.82, 2.24) is 10.2 Å². The lowest BCUT2D eigenvalue weighted by molar-refractivity contribution is -0.147. The van der Waals surface area contributed by atoms with E-state index in [2.05, 4.69) is 17.4 Å². The monoisotopic (exact) mass is 708 g/mol. The van der Waals surface area contributed by atoms with Crippen molar-refractivity contribution in [3.8, 4) is 16.9 Å². The van der Waals surface area contributed by atoms with Crippen molar-refractivity contribution >= 4 is 18.0 Å². The van der Waals surface area contributed by atoms with Gasteiger partial charge in [-0.15, -0.1) is 0 Å². The molecule has 2 atom stereocenters. The van der Waals surface area contributed by atoms with E-state index in [0.717, 1.165) is 47.1 Å². The average molecular weight is 709 g/mol. The molecule has 0 saturated carbocycles. The first kappa shape index (κ1) is 37.1. The molecule has 53 heavy (non-hydrogen) atoms. The lowest BCUT2D eigenvalue weighted by Gasteiger charge is -2.30. The molecule has 0 bridgehead atoms. The van der Waals surface area contributed by atoms with Crippen LogP contribution in [0.1, 0.15) is 48.1 Å². The summed E-state index contributed by atoms with van der Waals surface area (Å²) in [6, 6.07) is 41.8. The zero-order valence-electron chi connectivity index (χ0n) is 30.6. The summed E-state index contributed by atoms with van der Waals surface area (Å²) in [7, 11) is 0. The second-order valence-electron chi connectivity index (χ2n) is 14.3. The van der Waals surface area contributed by atoms with Gasteiger partial charge in [0.15, 0.2) is 0 Å². The Bertz CT molecular complexity index is 1950. The second kappa shape index (κ2) is 18.2. The molecule has 0 aromatic heterocycles. The molecule has 0 fully saturated rings. The fourth-order valence-corrected chi connectivity index (χ4v) is 6.84. The molecule has 1 aliphatic carbocycles.